The van der Waals surface area contributed by atoms with Crippen molar-refractivity contribution >= 4 is 5.91 Å². The highest BCUT2D eigenvalue weighted by Crippen LogP contribution is 1.99. The number of hydrogen-bond acceptors (Lipinski definition) is 2. The van der Waals surface area contributed by atoms with E-state index in [0.29, 0.717) is 0 Å². The highest BCUT2D eigenvalue weighted by Gasteiger charge is 2.05. The molecule has 1 amide bonds. The van der Waals surface area contributed by atoms with Crippen molar-refractivity contribution in [1.29, 1.82) is 0 Å². The average molecular weight is 143 g/mol. The van der Waals surface area contributed by atoms with Gasteiger partial charge in [0.25, 0.3) is 0 Å². The third kappa shape index (κ3) is 1.31. The number of hydrogen-bond donors (Lipinski definition) is 2. The molecule has 0 radical (unpaired) electrons. The summed E-state index contributed by atoms with van der Waals surface area (Å²) in [7, 11) is 0. The molecule has 3 N–H and O–H groups in total. The fourth-order valence-electron chi connectivity index (χ4n) is 0.603. The molecule has 4 nitrogen and oxygen atoms in total. The Hall–Kier alpha value is -1.39. The normalized spacial score (nSPS) is 9.70. The van der Waals surface area contributed by atoms with Gasteiger partial charge in [-0.3, -0.25) is 4.79 Å². The molecule has 0 unspecified atom stereocenters. The van der Waals surface area contributed by atoms with Crippen LogP contribution in [0.1, 0.15) is 5.69 Å². The van der Waals surface area contributed by atoms with Crippen molar-refractivity contribution in [3.63, 3.8) is 0 Å². The van der Waals surface area contributed by atoms with Crippen molar-refractivity contribution in [2.75, 3.05) is 0 Å². The van der Waals surface area contributed by atoms with Crippen molar-refractivity contribution in [3.05, 3.63) is 18.0 Å². The molecule has 0 spiro atoms. The summed E-state index contributed by atoms with van der Waals surface area (Å²) in [5.41, 5.74) is 4.93. The van der Waals surface area contributed by atoms with E-state index < -0.39 is 11.9 Å². The van der Waals surface area contributed by atoms with Crippen LogP contribution in [0.4, 0.5) is 4.39 Å². The van der Waals surface area contributed by atoms with Gasteiger partial charge in [-0.25, -0.2) is 4.98 Å². The first-order chi connectivity index (χ1) is 4.70. The molecule has 0 saturated carbocycles. The van der Waals surface area contributed by atoms with Gasteiger partial charge in [-0.05, 0) is 0 Å². The van der Waals surface area contributed by atoms with Crippen molar-refractivity contribution in [3.8, 4) is 0 Å². The summed E-state index contributed by atoms with van der Waals surface area (Å²) >= 11 is 0. The second-order valence-electron chi connectivity index (χ2n) is 1.81. The summed E-state index contributed by atoms with van der Waals surface area (Å²) in [6.07, 6.45) is 1.04. The number of H-pyrrole nitrogens is 1. The first-order valence-electron chi connectivity index (χ1n) is 2.66. The zero-order valence-electron chi connectivity index (χ0n) is 5.10. The maximum absolute atomic E-state index is 12.4. The van der Waals surface area contributed by atoms with Crippen molar-refractivity contribution in [1.82, 2.24) is 9.97 Å². The summed E-state index contributed by atoms with van der Waals surface area (Å²) in [6, 6.07) is 0. The lowest BCUT2D eigenvalue weighted by atomic mass is 10.3. The summed E-state index contributed by atoms with van der Waals surface area (Å²) < 4.78 is 12.4. The molecule has 5 heteroatoms. The van der Waals surface area contributed by atoms with Gasteiger partial charge in [-0.1, -0.05) is 0 Å². The summed E-state index contributed by atoms with van der Waals surface area (Å²) in [5, 5.41) is 0. The molecule has 54 valence electrons. The SMILES string of the molecule is NC(=O)Cc1[nH]cnc1F. The second kappa shape index (κ2) is 2.47. The minimum Gasteiger partial charge on any atom is -0.369 e. The monoisotopic (exact) mass is 143 g/mol. The van der Waals surface area contributed by atoms with Crippen molar-refractivity contribution in [2.45, 2.75) is 6.42 Å². The van der Waals surface area contributed by atoms with E-state index in [1.54, 1.807) is 0 Å². The molecule has 1 aromatic rings. The standard InChI is InChI=1S/C5H6FN3O/c6-5-3(1-4(7)10)8-2-9-5/h2H,1H2,(H2,7,10)(H,8,9). The number of imidazole rings is 1. The number of aromatic amines is 1. The minimum absolute atomic E-state index is 0.132. The molecule has 0 bridgehead atoms. The molecule has 10 heavy (non-hydrogen) atoms. The lowest BCUT2D eigenvalue weighted by Crippen LogP contribution is -2.14. The largest absolute Gasteiger partial charge is 0.369 e. The van der Waals surface area contributed by atoms with Crippen LogP contribution in [0.25, 0.3) is 0 Å². The first-order valence-corrected chi connectivity index (χ1v) is 2.66. The molecule has 0 fully saturated rings. The van der Waals surface area contributed by atoms with Gasteiger partial charge in [0.05, 0.1) is 18.4 Å². The van der Waals surface area contributed by atoms with Crippen LogP contribution in [0.3, 0.4) is 0 Å². The predicted octanol–water partition coefficient (Wildman–Crippen LogP) is -0.423. The number of aromatic nitrogens is 2. The minimum atomic E-state index is -0.668. The Morgan fingerprint density at radius 1 is 1.90 bits per heavy atom. The van der Waals surface area contributed by atoms with E-state index in [9.17, 15) is 9.18 Å². The molecular weight excluding hydrogens is 137 g/mol. The quantitative estimate of drug-likeness (QED) is 0.590. The Morgan fingerprint density at radius 2 is 2.60 bits per heavy atom. The van der Waals surface area contributed by atoms with Crippen LogP contribution in [0.15, 0.2) is 6.33 Å². The highest BCUT2D eigenvalue weighted by atomic mass is 19.1. The van der Waals surface area contributed by atoms with Crippen LogP contribution in [0.5, 0.6) is 0 Å². The van der Waals surface area contributed by atoms with Gasteiger partial charge >= 0.3 is 0 Å². The Bertz CT molecular complexity index is 245. The fraction of sp³-hybridized carbons (Fsp3) is 0.200. The van der Waals surface area contributed by atoms with Crippen molar-refractivity contribution < 1.29 is 9.18 Å². The number of rotatable bonds is 2. The summed E-state index contributed by atoms with van der Waals surface area (Å²) in [6.45, 7) is 0. The van der Waals surface area contributed by atoms with Crippen LogP contribution < -0.4 is 5.73 Å². The number of nitrogens with one attached hydrogen (secondary N) is 1. The molecule has 1 heterocycles. The molecule has 0 aliphatic carbocycles. The maximum Gasteiger partial charge on any atom is 0.234 e. The lowest BCUT2D eigenvalue weighted by molar-refractivity contribution is -0.117. The van der Waals surface area contributed by atoms with E-state index in [-0.39, 0.29) is 12.1 Å². The van der Waals surface area contributed by atoms with Gasteiger partial charge in [-0.15, -0.1) is 0 Å². The van der Waals surface area contributed by atoms with Crippen LogP contribution in [-0.4, -0.2) is 15.9 Å². The third-order valence-electron chi connectivity index (χ3n) is 1.02. The Balaban J connectivity index is 2.74. The smallest absolute Gasteiger partial charge is 0.234 e. The van der Waals surface area contributed by atoms with E-state index in [1.807, 2.05) is 0 Å². The molecule has 0 aliphatic rings. The molecule has 0 atom stereocenters. The summed E-state index contributed by atoms with van der Waals surface area (Å²) in [4.78, 5) is 15.9. The van der Waals surface area contributed by atoms with Crippen molar-refractivity contribution in [2.24, 2.45) is 5.73 Å². The zero-order chi connectivity index (χ0) is 7.56. The van der Waals surface area contributed by atoms with E-state index in [0.717, 1.165) is 0 Å². The predicted molar refractivity (Wildman–Crippen MR) is 31.4 cm³/mol. The summed E-state index contributed by atoms with van der Waals surface area (Å²) in [5.74, 6) is -1.25. The van der Waals surface area contributed by atoms with Gasteiger partial charge in [0.15, 0.2) is 0 Å². The zero-order valence-corrected chi connectivity index (χ0v) is 5.10. The fourth-order valence-corrected chi connectivity index (χ4v) is 0.603. The number of carbonyl (C=O) groups excluding carboxylic acids is 1. The maximum atomic E-state index is 12.4. The topological polar surface area (TPSA) is 71.8 Å². The highest BCUT2D eigenvalue weighted by molar-refractivity contribution is 5.76. The first kappa shape index (κ1) is 6.73. The molecule has 0 saturated heterocycles. The second-order valence-corrected chi connectivity index (χ2v) is 1.81. The van der Waals surface area contributed by atoms with Gasteiger partial charge in [0, 0.05) is 0 Å². The van der Waals surface area contributed by atoms with Gasteiger partial charge in [0.2, 0.25) is 11.9 Å². The number of primary amides is 1. The van der Waals surface area contributed by atoms with Crippen LogP contribution in [0.2, 0.25) is 0 Å². The molecule has 0 aromatic carbocycles. The van der Waals surface area contributed by atoms with E-state index in [1.165, 1.54) is 6.33 Å². The Morgan fingerprint density at radius 3 is 3.00 bits per heavy atom. The van der Waals surface area contributed by atoms with E-state index >= 15 is 0 Å². The number of nitrogens with two attached hydrogens (primary N) is 1. The van der Waals surface area contributed by atoms with E-state index in [4.69, 9.17) is 5.73 Å². The number of amides is 1. The van der Waals surface area contributed by atoms with Crippen LogP contribution in [0, 0.1) is 5.95 Å². The van der Waals surface area contributed by atoms with Crippen LogP contribution in [-0.2, 0) is 11.2 Å². The lowest BCUT2D eigenvalue weighted by Gasteiger charge is -1.88. The van der Waals surface area contributed by atoms with Gasteiger partial charge < -0.3 is 10.7 Å². The number of carbonyl (C=O) groups is 1. The Labute approximate surface area is 56.3 Å². The molecule has 1 rings (SSSR count). The molecule has 0 aliphatic heterocycles. The molecule has 1 aromatic heterocycles. The number of halogens is 1. The van der Waals surface area contributed by atoms with Gasteiger partial charge in [0.1, 0.15) is 0 Å². The van der Waals surface area contributed by atoms with Crippen LogP contribution >= 0.6 is 0 Å². The molecular formula is C5H6FN3O. The van der Waals surface area contributed by atoms with E-state index in [2.05, 4.69) is 9.97 Å². The third-order valence-corrected chi connectivity index (χ3v) is 1.02. The average Bonchev–Trinajstić information content (AvgIpc) is 2.15. The number of nitrogens with zero attached hydrogens (tertiary/aromatic N) is 1. The Kier molecular flexibility index (Phi) is 1.66. The van der Waals surface area contributed by atoms with Gasteiger partial charge in [-0.2, -0.15) is 4.39 Å².